The fourth-order valence-electron chi connectivity index (χ4n) is 8.21. The van der Waals surface area contributed by atoms with Crippen LogP contribution in [-0.4, -0.2) is 15.0 Å². The van der Waals surface area contributed by atoms with Crippen LogP contribution in [0.2, 0.25) is 0 Å². The number of fused-ring (bicyclic) bond motifs is 12. The highest BCUT2D eigenvalue weighted by Gasteiger charge is 2.51. The summed E-state index contributed by atoms with van der Waals surface area (Å²) in [7, 11) is 0. The molecule has 5 heteroatoms. The predicted molar refractivity (Wildman–Crippen MR) is 201 cm³/mol. The summed E-state index contributed by atoms with van der Waals surface area (Å²) in [5.74, 6) is 3.44. The van der Waals surface area contributed by atoms with Crippen LogP contribution in [-0.2, 0) is 5.41 Å². The van der Waals surface area contributed by atoms with Crippen LogP contribution < -0.4 is 4.74 Å². The van der Waals surface area contributed by atoms with Crippen molar-refractivity contribution < 1.29 is 9.15 Å². The molecule has 9 aromatic rings. The second-order valence-electron chi connectivity index (χ2n) is 13.1. The summed E-state index contributed by atoms with van der Waals surface area (Å²) in [5.41, 5.74) is 10.8. The van der Waals surface area contributed by atoms with Crippen molar-refractivity contribution in [1.82, 2.24) is 15.0 Å². The van der Waals surface area contributed by atoms with E-state index in [0.29, 0.717) is 17.5 Å². The lowest BCUT2D eigenvalue weighted by atomic mass is 9.66. The molecule has 11 rings (SSSR count). The van der Waals surface area contributed by atoms with Gasteiger partial charge in [-0.2, -0.15) is 0 Å². The van der Waals surface area contributed by atoms with Crippen molar-refractivity contribution in [2.45, 2.75) is 5.41 Å². The Balaban J connectivity index is 1.15. The molecule has 51 heavy (non-hydrogen) atoms. The van der Waals surface area contributed by atoms with Crippen LogP contribution >= 0.6 is 0 Å². The number of furan rings is 1. The van der Waals surface area contributed by atoms with E-state index in [2.05, 4.69) is 103 Å². The van der Waals surface area contributed by atoms with E-state index in [1.165, 1.54) is 22.3 Å². The highest BCUT2D eigenvalue weighted by molar-refractivity contribution is 6.05. The highest BCUT2D eigenvalue weighted by atomic mass is 16.5. The Labute approximate surface area is 293 Å². The monoisotopic (exact) mass is 653 g/mol. The number of ether oxygens (including phenoxy) is 1. The van der Waals surface area contributed by atoms with Crippen LogP contribution in [0.3, 0.4) is 0 Å². The molecule has 0 atom stereocenters. The van der Waals surface area contributed by atoms with Crippen molar-refractivity contribution >= 4 is 21.9 Å². The van der Waals surface area contributed by atoms with Gasteiger partial charge in [-0.3, -0.25) is 0 Å². The number of para-hydroxylation sites is 2. The van der Waals surface area contributed by atoms with Gasteiger partial charge in [0.2, 0.25) is 0 Å². The third-order valence-electron chi connectivity index (χ3n) is 10.4. The van der Waals surface area contributed by atoms with E-state index in [1.54, 1.807) is 0 Å². The van der Waals surface area contributed by atoms with E-state index in [9.17, 15) is 0 Å². The Bertz CT molecular complexity index is 2810. The quantitative estimate of drug-likeness (QED) is 0.190. The highest BCUT2D eigenvalue weighted by Crippen LogP contribution is 2.62. The van der Waals surface area contributed by atoms with Crippen LogP contribution in [0.15, 0.2) is 168 Å². The molecule has 0 unspecified atom stereocenters. The van der Waals surface area contributed by atoms with Gasteiger partial charge in [-0.1, -0.05) is 121 Å². The van der Waals surface area contributed by atoms with Crippen molar-refractivity contribution in [3.8, 4) is 56.8 Å². The van der Waals surface area contributed by atoms with Gasteiger partial charge in [-0.25, -0.2) is 15.0 Å². The third-order valence-corrected chi connectivity index (χ3v) is 10.4. The molecule has 2 aromatic heterocycles. The topological polar surface area (TPSA) is 61.0 Å². The molecule has 238 valence electrons. The van der Waals surface area contributed by atoms with Gasteiger partial charge in [-0.05, 0) is 64.7 Å². The van der Waals surface area contributed by atoms with Gasteiger partial charge in [-0.15, -0.1) is 0 Å². The number of rotatable bonds is 3. The van der Waals surface area contributed by atoms with Crippen LogP contribution in [0.1, 0.15) is 22.3 Å². The van der Waals surface area contributed by atoms with Gasteiger partial charge in [0.25, 0.3) is 0 Å². The van der Waals surface area contributed by atoms with Crippen molar-refractivity contribution in [3.05, 3.63) is 186 Å². The van der Waals surface area contributed by atoms with Gasteiger partial charge in [0.05, 0.1) is 5.41 Å². The van der Waals surface area contributed by atoms with E-state index in [4.69, 9.17) is 24.1 Å². The van der Waals surface area contributed by atoms with Crippen LogP contribution in [0.4, 0.5) is 0 Å². The van der Waals surface area contributed by atoms with E-state index >= 15 is 0 Å². The zero-order valence-electron chi connectivity index (χ0n) is 27.2. The largest absolute Gasteiger partial charge is 0.457 e. The molecule has 0 saturated carbocycles. The molecule has 2 aliphatic rings. The summed E-state index contributed by atoms with van der Waals surface area (Å²) in [6.45, 7) is 0. The fraction of sp³-hybridized carbons (Fsp3) is 0.0217. The number of aromatic nitrogens is 3. The van der Waals surface area contributed by atoms with E-state index in [-0.39, 0.29) is 0 Å². The average molecular weight is 654 g/mol. The van der Waals surface area contributed by atoms with Crippen molar-refractivity contribution in [2.24, 2.45) is 0 Å². The first-order valence-corrected chi connectivity index (χ1v) is 17.1. The Kier molecular flexibility index (Phi) is 5.81. The minimum atomic E-state index is -0.585. The van der Waals surface area contributed by atoms with E-state index in [1.807, 2.05) is 60.7 Å². The molecular weight excluding hydrogens is 627 g/mol. The van der Waals surface area contributed by atoms with Gasteiger partial charge >= 0.3 is 0 Å². The summed E-state index contributed by atoms with van der Waals surface area (Å²) >= 11 is 0. The Morgan fingerprint density at radius 2 is 0.922 bits per heavy atom. The lowest BCUT2D eigenvalue weighted by molar-refractivity contribution is 0.436. The van der Waals surface area contributed by atoms with Gasteiger partial charge in [0.15, 0.2) is 17.5 Å². The van der Waals surface area contributed by atoms with Gasteiger partial charge < -0.3 is 9.15 Å². The van der Waals surface area contributed by atoms with Crippen molar-refractivity contribution in [1.29, 1.82) is 0 Å². The van der Waals surface area contributed by atoms with Gasteiger partial charge in [0.1, 0.15) is 22.7 Å². The molecule has 1 aliphatic heterocycles. The molecule has 3 heterocycles. The van der Waals surface area contributed by atoms with Gasteiger partial charge in [0, 0.05) is 38.6 Å². The molecule has 1 spiro atoms. The standard InChI is InChI=1S/C46H27N3O2/c1-2-12-28(13-3-1)43-47-44(49-45(48-43)30-22-24-34-33-16-6-10-20-39(33)50-42(34)27-30)29-23-25-41-38(26-29)46(37-19-9-11-21-40(37)51-41)35-17-7-4-14-31(35)32-15-5-8-18-36(32)46/h1-27H. The number of hydrogen-bond acceptors (Lipinski definition) is 5. The van der Waals surface area contributed by atoms with Crippen molar-refractivity contribution in [3.63, 3.8) is 0 Å². The predicted octanol–water partition coefficient (Wildman–Crippen LogP) is 11.2. The SMILES string of the molecule is c1ccc(-c2nc(-c3ccc4c(c3)C3(c5ccccc5O4)c4ccccc4-c4ccccc43)nc(-c3ccc4c(c3)oc3ccccc34)n2)cc1. The molecular formula is C46H27N3O2. The summed E-state index contributed by atoms with van der Waals surface area (Å²) in [4.78, 5) is 15.3. The first kappa shape index (κ1) is 28.0. The fourth-order valence-corrected chi connectivity index (χ4v) is 8.21. The second kappa shape index (κ2) is 10.6. The first-order valence-electron chi connectivity index (χ1n) is 17.1. The Morgan fingerprint density at radius 3 is 1.69 bits per heavy atom. The van der Waals surface area contributed by atoms with Crippen LogP contribution in [0.5, 0.6) is 11.5 Å². The summed E-state index contributed by atoms with van der Waals surface area (Å²) in [6.07, 6.45) is 0. The zero-order chi connectivity index (χ0) is 33.5. The normalized spacial score (nSPS) is 13.4. The molecule has 7 aromatic carbocycles. The second-order valence-corrected chi connectivity index (χ2v) is 13.1. The maximum atomic E-state index is 6.67. The average Bonchev–Trinajstić information content (AvgIpc) is 3.72. The molecule has 0 amide bonds. The summed E-state index contributed by atoms with van der Waals surface area (Å²) in [6, 6.07) is 56.6. The smallest absolute Gasteiger partial charge is 0.164 e. The first-order chi connectivity index (χ1) is 25.3. The molecule has 0 fully saturated rings. The molecule has 0 N–H and O–H groups in total. The van der Waals surface area contributed by atoms with Crippen molar-refractivity contribution in [2.75, 3.05) is 0 Å². The molecule has 5 nitrogen and oxygen atoms in total. The maximum absolute atomic E-state index is 6.67. The van der Waals surface area contributed by atoms with Crippen LogP contribution in [0.25, 0.3) is 67.2 Å². The van der Waals surface area contributed by atoms with E-state index in [0.717, 1.165) is 61.3 Å². The number of nitrogens with zero attached hydrogens (tertiary/aromatic N) is 3. The van der Waals surface area contributed by atoms with Crippen LogP contribution in [0, 0.1) is 0 Å². The maximum Gasteiger partial charge on any atom is 0.164 e. The molecule has 0 saturated heterocycles. The Hall–Kier alpha value is -6.85. The minimum Gasteiger partial charge on any atom is -0.457 e. The zero-order valence-corrected chi connectivity index (χ0v) is 27.2. The lowest BCUT2D eigenvalue weighted by Crippen LogP contribution is -2.32. The summed E-state index contributed by atoms with van der Waals surface area (Å²) < 4.78 is 12.9. The molecule has 1 aliphatic carbocycles. The lowest BCUT2D eigenvalue weighted by Gasteiger charge is -2.39. The third kappa shape index (κ3) is 4.00. The minimum absolute atomic E-state index is 0.576. The summed E-state index contributed by atoms with van der Waals surface area (Å²) in [5, 5.41) is 2.14. The number of hydrogen-bond donors (Lipinski definition) is 0. The number of benzene rings is 7. The molecule has 0 bridgehead atoms. The molecule has 0 radical (unpaired) electrons. The Morgan fingerprint density at radius 1 is 0.373 bits per heavy atom. The van der Waals surface area contributed by atoms with E-state index < -0.39 is 5.41 Å².